The highest BCUT2D eigenvalue weighted by Crippen LogP contribution is 2.41. The standard InChI is InChI=1S/C24H30N2O3S/c27-30(28,25-22-7-4-8-22)26-24-19-9-10-20(24)14-21-15-23(12-11-18(21)13-19)29-16-17-5-2-1-3-6-17/h1-3,5-6,11-12,15,19-20,22,24-26H,4,7-10,13-14,16H2/t19-,20+,24-/m1/s1. The lowest BCUT2D eigenvalue weighted by Gasteiger charge is -2.29. The van der Waals surface area contributed by atoms with E-state index < -0.39 is 10.2 Å². The van der Waals surface area contributed by atoms with Crippen LogP contribution in [0.1, 0.15) is 48.8 Å². The van der Waals surface area contributed by atoms with Gasteiger partial charge in [-0.25, -0.2) is 0 Å². The van der Waals surface area contributed by atoms with Crippen molar-refractivity contribution in [2.24, 2.45) is 11.8 Å². The first-order valence-electron chi connectivity index (χ1n) is 11.1. The van der Waals surface area contributed by atoms with Gasteiger partial charge in [-0.1, -0.05) is 42.8 Å². The molecular formula is C24H30N2O3S. The second kappa shape index (κ2) is 8.33. The summed E-state index contributed by atoms with van der Waals surface area (Å²) in [5.41, 5.74) is 3.80. The minimum atomic E-state index is -3.44. The molecule has 2 saturated carbocycles. The van der Waals surface area contributed by atoms with Gasteiger partial charge >= 0.3 is 0 Å². The summed E-state index contributed by atoms with van der Waals surface area (Å²) < 4.78 is 37.2. The minimum Gasteiger partial charge on any atom is -0.489 e. The molecule has 3 aliphatic carbocycles. The molecule has 6 heteroatoms. The highest BCUT2D eigenvalue weighted by atomic mass is 32.2. The Morgan fingerprint density at radius 1 is 0.867 bits per heavy atom. The molecule has 2 aromatic rings. The van der Waals surface area contributed by atoms with Gasteiger partial charge < -0.3 is 4.74 Å². The molecule has 0 aromatic heterocycles. The van der Waals surface area contributed by atoms with Crippen molar-refractivity contribution in [2.45, 2.75) is 63.6 Å². The lowest BCUT2D eigenvalue weighted by molar-refractivity contribution is 0.305. The fourth-order valence-corrected chi connectivity index (χ4v) is 6.65. The van der Waals surface area contributed by atoms with E-state index in [1.165, 1.54) is 11.1 Å². The summed E-state index contributed by atoms with van der Waals surface area (Å²) in [6.45, 7) is 0.556. The van der Waals surface area contributed by atoms with Crippen LogP contribution in [0.25, 0.3) is 0 Å². The van der Waals surface area contributed by atoms with Crippen molar-refractivity contribution < 1.29 is 13.2 Å². The summed E-state index contributed by atoms with van der Waals surface area (Å²) in [7, 11) is -3.44. The third kappa shape index (κ3) is 4.41. The highest BCUT2D eigenvalue weighted by Gasteiger charge is 2.41. The maximum atomic E-state index is 12.6. The number of rotatable bonds is 7. The Hall–Kier alpha value is -1.89. The van der Waals surface area contributed by atoms with E-state index in [-0.39, 0.29) is 12.1 Å². The van der Waals surface area contributed by atoms with Crippen LogP contribution >= 0.6 is 0 Å². The van der Waals surface area contributed by atoms with Gasteiger partial charge in [-0.2, -0.15) is 17.9 Å². The van der Waals surface area contributed by atoms with Gasteiger partial charge in [0.2, 0.25) is 0 Å². The van der Waals surface area contributed by atoms with Gasteiger partial charge in [-0.15, -0.1) is 0 Å². The van der Waals surface area contributed by atoms with Crippen molar-refractivity contribution in [3.63, 3.8) is 0 Å². The summed E-state index contributed by atoms with van der Waals surface area (Å²) in [5.74, 6) is 1.60. The van der Waals surface area contributed by atoms with E-state index >= 15 is 0 Å². The SMILES string of the molecule is O=S(=O)(NC1CCC1)N[C@@H]1[C@@H]2CC[C@H]1Cc1cc(OCc3ccccc3)ccc1C2. The number of nitrogens with one attached hydrogen (secondary N) is 2. The molecule has 3 atom stereocenters. The molecule has 2 bridgehead atoms. The zero-order valence-corrected chi connectivity index (χ0v) is 18.0. The van der Waals surface area contributed by atoms with Crippen LogP contribution in [0.5, 0.6) is 5.75 Å². The van der Waals surface area contributed by atoms with Gasteiger partial charge in [0.1, 0.15) is 12.4 Å². The third-order valence-corrected chi connectivity index (χ3v) is 8.26. The summed E-state index contributed by atoms with van der Waals surface area (Å²) >= 11 is 0. The molecular weight excluding hydrogens is 396 g/mol. The van der Waals surface area contributed by atoms with Crippen LogP contribution in [-0.2, 0) is 29.7 Å². The van der Waals surface area contributed by atoms with E-state index in [0.717, 1.165) is 56.3 Å². The summed E-state index contributed by atoms with van der Waals surface area (Å²) in [5, 5.41) is 0. The largest absolute Gasteiger partial charge is 0.489 e. The Morgan fingerprint density at radius 2 is 1.60 bits per heavy atom. The Morgan fingerprint density at radius 3 is 2.30 bits per heavy atom. The molecule has 0 saturated heterocycles. The van der Waals surface area contributed by atoms with Crippen molar-refractivity contribution >= 4 is 10.2 Å². The number of fused-ring (bicyclic) bond motifs is 3. The molecule has 5 rings (SSSR count). The van der Waals surface area contributed by atoms with E-state index in [2.05, 4.69) is 39.8 Å². The first-order chi connectivity index (χ1) is 14.6. The zero-order chi connectivity index (χ0) is 20.6. The fourth-order valence-electron chi connectivity index (χ4n) is 5.17. The van der Waals surface area contributed by atoms with Crippen LogP contribution in [0.15, 0.2) is 48.5 Å². The quantitative estimate of drug-likeness (QED) is 0.709. The van der Waals surface area contributed by atoms with Crippen molar-refractivity contribution in [1.29, 1.82) is 0 Å². The Balaban J connectivity index is 1.27. The smallest absolute Gasteiger partial charge is 0.277 e. The molecule has 0 heterocycles. The molecule has 30 heavy (non-hydrogen) atoms. The fraction of sp³-hybridized carbons (Fsp3) is 0.500. The third-order valence-electron chi connectivity index (χ3n) is 7.03. The molecule has 0 radical (unpaired) electrons. The van der Waals surface area contributed by atoms with Crippen LogP contribution in [-0.4, -0.2) is 20.5 Å². The maximum absolute atomic E-state index is 12.6. The van der Waals surface area contributed by atoms with E-state index in [1.807, 2.05) is 18.2 Å². The van der Waals surface area contributed by atoms with Gasteiger partial charge in [-0.05, 0) is 79.2 Å². The summed E-state index contributed by atoms with van der Waals surface area (Å²) in [4.78, 5) is 0. The molecule has 0 amide bonds. The lowest BCUT2D eigenvalue weighted by atomic mass is 9.93. The van der Waals surface area contributed by atoms with Crippen molar-refractivity contribution in [2.75, 3.05) is 0 Å². The second-order valence-electron chi connectivity index (χ2n) is 9.10. The van der Waals surface area contributed by atoms with Crippen LogP contribution < -0.4 is 14.2 Å². The van der Waals surface area contributed by atoms with Gasteiger partial charge in [0.15, 0.2) is 0 Å². The van der Waals surface area contributed by atoms with Crippen LogP contribution in [0.3, 0.4) is 0 Å². The molecule has 0 spiro atoms. The Kier molecular flexibility index (Phi) is 5.56. The molecule has 5 nitrogen and oxygen atoms in total. The molecule has 2 N–H and O–H groups in total. The number of hydrogen-bond donors (Lipinski definition) is 2. The maximum Gasteiger partial charge on any atom is 0.277 e. The van der Waals surface area contributed by atoms with E-state index in [0.29, 0.717) is 18.4 Å². The Labute approximate surface area is 179 Å². The topological polar surface area (TPSA) is 67.4 Å². The Bertz CT molecular complexity index is 989. The predicted octanol–water partition coefficient (Wildman–Crippen LogP) is 3.74. The van der Waals surface area contributed by atoms with Crippen LogP contribution in [0, 0.1) is 11.8 Å². The molecule has 2 fully saturated rings. The summed E-state index contributed by atoms with van der Waals surface area (Å²) in [6, 6.07) is 16.7. The van der Waals surface area contributed by atoms with Crippen molar-refractivity contribution in [3.8, 4) is 5.75 Å². The van der Waals surface area contributed by atoms with E-state index in [1.54, 1.807) is 0 Å². The lowest BCUT2D eigenvalue weighted by Crippen LogP contribution is -2.51. The van der Waals surface area contributed by atoms with Crippen molar-refractivity contribution in [1.82, 2.24) is 9.44 Å². The van der Waals surface area contributed by atoms with E-state index in [9.17, 15) is 8.42 Å². The van der Waals surface area contributed by atoms with Gasteiger partial charge in [0, 0.05) is 12.1 Å². The molecule has 160 valence electrons. The van der Waals surface area contributed by atoms with Gasteiger partial charge in [0.05, 0.1) is 0 Å². The summed E-state index contributed by atoms with van der Waals surface area (Å²) in [6.07, 6.45) is 7.03. The molecule has 2 aromatic carbocycles. The molecule has 3 aliphatic rings. The average molecular weight is 427 g/mol. The van der Waals surface area contributed by atoms with Crippen LogP contribution in [0.2, 0.25) is 0 Å². The normalized spacial score (nSPS) is 25.9. The number of hydrogen-bond acceptors (Lipinski definition) is 3. The minimum absolute atomic E-state index is 0.0173. The molecule has 0 unspecified atom stereocenters. The first-order valence-corrected chi connectivity index (χ1v) is 12.6. The zero-order valence-electron chi connectivity index (χ0n) is 17.2. The molecule has 0 aliphatic heterocycles. The number of benzene rings is 2. The second-order valence-corrected chi connectivity index (χ2v) is 10.6. The predicted molar refractivity (Wildman–Crippen MR) is 117 cm³/mol. The van der Waals surface area contributed by atoms with Crippen molar-refractivity contribution in [3.05, 3.63) is 65.2 Å². The monoisotopic (exact) mass is 426 g/mol. The van der Waals surface area contributed by atoms with Gasteiger partial charge in [-0.3, -0.25) is 0 Å². The number of ether oxygens (including phenoxy) is 1. The van der Waals surface area contributed by atoms with Crippen LogP contribution in [0.4, 0.5) is 0 Å². The highest BCUT2D eigenvalue weighted by molar-refractivity contribution is 7.87. The van der Waals surface area contributed by atoms with E-state index in [4.69, 9.17) is 4.74 Å². The average Bonchev–Trinajstić information content (AvgIpc) is 2.97. The first kappa shape index (κ1) is 20.0. The van der Waals surface area contributed by atoms with Gasteiger partial charge in [0.25, 0.3) is 10.2 Å².